The Kier molecular flexibility index (Phi) is 5.92. The zero-order chi connectivity index (χ0) is 21.3. The first-order valence-corrected chi connectivity index (χ1v) is 11.1. The first kappa shape index (κ1) is 20.6. The standard InChI is InChI=1S/C23H27N3O3S/c1-14-9-18(12-26(14)19-7-8-21-22(11-19)30-13-24-21)25-15(2)17-5-4-6-20(10-17)29-16(3)23(27)28/h4-8,10-11,13-16,18,25H,9,12H2,1-3H3,(H,27,28). The van der Waals surface area contributed by atoms with E-state index in [4.69, 9.17) is 9.84 Å². The van der Waals surface area contributed by atoms with Gasteiger partial charge in [0.1, 0.15) is 5.75 Å². The molecule has 1 aliphatic rings. The Labute approximate surface area is 180 Å². The average Bonchev–Trinajstić information content (AvgIpc) is 3.33. The molecule has 0 radical (unpaired) electrons. The molecule has 158 valence electrons. The monoisotopic (exact) mass is 425 g/mol. The van der Waals surface area contributed by atoms with Crippen molar-refractivity contribution in [3.05, 3.63) is 53.5 Å². The third kappa shape index (κ3) is 4.42. The van der Waals surface area contributed by atoms with Crippen molar-refractivity contribution < 1.29 is 14.6 Å². The molecular formula is C23H27N3O3S. The Hall–Kier alpha value is -2.64. The summed E-state index contributed by atoms with van der Waals surface area (Å²) < 4.78 is 6.74. The van der Waals surface area contributed by atoms with Gasteiger partial charge in [0.15, 0.2) is 6.10 Å². The van der Waals surface area contributed by atoms with Gasteiger partial charge in [-0.3, -0.25) is 0 Å². The number of nitrogens with one attached hydrogen (secondary N) is 1. The van der Waals surface area contributed by atoms with Crippen LogP contribution in [0, 0.1) is 0 Å². The molecule has 1 aliphatic heterocycles. The van der Waals surface area contributed by atoms with Crippen molar-refractivity contribution in [2.75, 3.05) is 11.4 Å². The second kappa shape index (κ2) is 8.62. The third-order valence-corrected chi connectivity index (χ3v) is 6.52. The van der Waals surface area contributed by atoms with Crippen LogP contribution in [0.1, 0.15) is 38.8 Å². The van der Waals surface area contributed by atoms with E-state index in [1.54, 1.807) is 17.4 Å². The number of aromatic nitrogens is 1. The summed E-state index contributed by atoms with van der Waals surface area (Å²) in [6.07, 6.45) is 0.195. The van der Waals surface area contributed by atoms with Crippen LogP contribution < -0.4 is 15.0 Å². The number of fused-ring (bicyclic) bond motifs is 1. The summed E-state index contributed by atoms with van der Waals surface area (Å²) in [5.74, 6) is -0.390. The Morgan fingerprint density at radius 1 is 1.30 bits per heavy atom. The topological polar surface area (TPSA) is 74.7 Å². The van der Waals surface area contributed by atoms with Crippen LogP contribution in [0.2, 0.25) is 0 Å². The summed E-state index contributed by atoms with van der Waals surface area (Å²) in [6.45, 7) is 6.89. The van der Waals surface area contributed by atoms with E-state index >= 15 is 0 Å². The number of carboxylic acids is 1. The van der Waals surface area contributed by atoms with Crippen molar-refractivity contribution >= 4 is 33.2 Å². The molecule has 0 saturated carbocycles. The predicted molar refractivity (Wildman–Crippen MR) is 121 cm³/mol. The van der Waals surface area contributed by atoms with Crippen molar-refractivity contribution in [1.29, 1.82) is 0 Å². The number of hydrogen-bond donors (Lipinski definition) is 2. The molecule has 2 aromatic carbocycles. The normalized spacial score (nSPS) is 21.0. The van der Waals surface area contributed by atoms with Crippen LogP contribution in [0.25, 0.3) is 10.2 Å². The molecule has 3 aromatic rings. The number of rotatable bonds is 7. The number of benzene rings is 2. The van der Waals surface area contributed by atoms with Crippen LogP contribution in [-0.4, -0.2) is 40.8 Å². The minimum Gasteiger partial charge on any atom is -0.479 e. The van der Waals surface area contributed by atoms with E-state index in [1.807, 2.05) is 23.7 Å². The maximum absolute atomic E-state index is 11.0. The number of carbonyl (C=O) groups is 1. The van der Waals surface area contributed by atoms with Crippen molar-refractivity contribution in [2.45, 2.75) is 51.4 Å². The molecule has 1 fully saturated rings. The van der Waals surface area contributed by atoms with Crippen molar-refractivity contribution in [1.82, 2.24) is 10.3 Å². The molecule has 2 N–H and O–H groups in total. The molecule has 30 heavy (non-hydrogen) atoms. The molecule has 4 atom stereocenters. The van der Waals surface area contributed by atoms with Crippen LogP contribution in [0.5, 0.6) is 5.75 Å². The van der Waals surface area contributed by atoms with Gasteiger partial charge >= 0.3 is 5.97 Å². The van der Waals surface area contributed by atoms with Crippen LogP contribution in [0.4, 0.5) is 5.69 Å². The molecule has 1 aromatic heterocycles. The molecular weight excluding hydrogens is 398 g/mol. The van der Waals surface area contributed by atoms with E-state index in [2.05, 4.69) is 47.2 Å². The molecule has 4 unspecified atom stereocenters. The highest BCUT2D eigenvalue weighted by molar-refractivity contribution is 7.16. The largest absolute Gasteiger partial charge is 0.479 e. The lowest BCUT2D eigenvalue weighted by atomic mass is 10.1. The van der Waals surface area contributed by atoms with Gasteiger partial charge in [0, 0.05) is 30.4 Å². The average molecular weight is 426 g/mol. The van der Waals surface area contributed by atoms with Crippen LogP contribution in [0.3, 0.4) is 0 Å². The summed E-state index contributed by atoms with van der Waals surface area (Å²) in [6, 6.07) is 15.1. The van der Waals surface area contributed by atoms with Gasteiger partial charge < -0.3 is 20.1 Å². The highest BCUT2D eigenvalue weighted by atomic mass is 32.1. The van der Waals surface area contributed by atoms with Gasteiger partial charge in [0.25, 0.3) is 0 Å². The van der Waals surface area contributed by atoms with E-state index in [1.165, 1.54) is 17.3 Å². The minimum atomic E-state index is -0.969. The van der Waals surface area contributed by atoms with E-state index in [0.717, 1.165) is 24.0 Å². The number of anilines is 1. The fourth-order valence-corrected chi connectivity index (χ4v) is 4.81. The number of carboxylic acid groups (broad SMARTS) is 1. The van der Waals surface area contributed by atoms with E-state index in [-0.39, 0.29) is 6.04 Å². The van der Waals surface area contributed by atoms with Crippen LogP contribution in [-0.2, 0) is 4.79 Å². The number of hydrogen-bond acceptors (Lipinski definition) is 6. The Morgan fingerprint density at radius 3 is 2.93 bits per heavy atom. The zero-order valence-corrected chi connectivity index (χ0v) is 18.2. The maximum Gasteiger partial charge on any atom is 0.344 e. The Bertz CT molecular complexity index is 1040. The van der Waals surface area contributed by atoms with Gasteiger partial charge in [0.2, 0.25) is 0 Å². The first-order valence-electron chi connectivity index (χ1n) is 10.3. The smallest absolute Gasteiger partial charge is 0.344 e. The minimum absolute atomic E-state index is 0.134. The molecule has 0 bridgehead atoms. The van der Waals surface area contributed by atoms with E-state index in [9.17, 15) is 4.79 Å². The molecule has 4 rings (SSSR count). The van der Waals surface area contributed by atoms with Crippen molar-refractivity contribution in [3.63, 3.8) is 0 Å². The molecule has 2 heterocycles. The Morgan fingerprint density at radius 2 is 2.13 bits per heavy atom. The van der Waals surface area contributed by atoms with Gasteiger partial charge in [-0.2, -0.15) is 0 Å². The predicted octanol–water partition coefficient (Wildman–Crippen LogP) is 4.47. The summed E-state index contributed by atoms with van der Waals surface area (Å²) in [5.41, 5.74) is 5.28. The molecule has 0 spiro atoms. The lowest BCUT2D eigenvalue weighted by Crippen LogP contribution is -2.34. The summed E-state index contributed by atoms with van der Waals surface area (Å²) in [5, 5.41) is 12.8. The van der Waals surface area contributed by atoms with Gasteiger partial charge in [-0.15, -0.1) is 11.3 Å². The van der Waals surface area contributed by atoms with Crippen molar-refractivity contribution in [3.8, 4) is 5.75 Å². The van der Waals surface area contributed by atoms with Crippen LogP contribution >= 0.6 is 11.3 Å². The summed E-state index contributed by atoms with van der Waals surface area (Å²) in [4.78, 5) is 17.9. The first-order chi connectivity index (χ1) is 14.4. The van der Waals surface area contributed by atoms with E-state index in [0.29, 0.717) is 17.8 Å². The molecule has 0 aliphatic carbocycles. The number of nitrogens with zero attached hydrogens (tertiary/aromatic N) is 2. The van der Waals surface area contributed by atoms with E-state index < -0.39 is 12.1 Å². The SMILES string of the molecule is CC(Oc1cccc(C(C)NC2CC(C)N(c3ccc4ncsc4c3)C2)c1)C(=O)O. The summed E-state index contributed by atoms with van der Waals surface area (Å²) in [7, 11) is 0. The Balaban J connectivity index is 1.41. The van der Waals surface area contributed by atoms with Crippen molar-refractivity contribution in [2.24, 2.45) is 0 Å². The number of thiazole rings is 1. The third-order valence-electron chi connectivity index (χ3n) is 5.73. The van der Waals surface area contributed by atoms with Gasteiger partial charge in [-0.05, 0) is 63.1 Å². The second-order valence-corrected chi connectivity index (χ2v) is 8.88. The van der Waals surface area contributed by atoms with Gasteiger partial charge in [-0.1, -0.05) is 12.1 Å². The molecule has 1 saturated heterocycles. The molecule has 0 amide bonds. The quantitative estimate of drug-likeness (QED) is 0.582. The zero-order valence-electron chi connectivity index (χ0n) is 17.4. The summed E-state index contributed by atoms with van der Waals surface area (Å²) >= 11 is 1.68. The fourth-order valence-electron chi connectivity index (χ4n) is 4.10. The highest BCUT2D eigenvalue weighted by Gasteiger charge is 2.30. The highest BCUT2D eigenvalue weighted by Crippen LogP contribution is 2.31. The lowest BCUT2D eigenvalue weighted by molar-refractivity contribution is -0.144. The van der Waals surface area contributed by atoms with Gasteiger partial charge in [-0.25, -0.2) is 9.78 Å². The van der Waals surface area contributed by atoms with Crippen LogP contribution in [0.15, 0.2) is 48.0 Å². The second-order valence-electron chi connectivity index (χ2n) is 8.00. The molecule has 7 heteroatoms. The van der Waals surface area contributed by atoms with Gasteiger partial charge in [0.05, 0.1) is 15.7 Å². The molecule has 6 nitrogen and oxygen atoms in total. The number of aliphatic carboxylic acids is 1. The fraction of sp³-hybridized carbons (Fsp3) is 0.391. The lowest BCUT2D eigenvalue weighted by Gasteiger charge is -2.24. The number of ether oxygens (including phenoxy) is 1. The maximum atomic E-state index is 11.0.